The Kier molecular flexibility index (Phi) is 1010. The van der Waals surface area contributed by atoms with Crippen molar-refractivity contribution in [3.63, 3.8) is 0 Å². The Bertz CT molecular complexity index is 74.5. The number of nitrogens with zero attached hydrogens (tertiary/aromatic N) is 5. The van der Waals surface area contributed by atoms with Crippen LogP contribution in [-0.4, -0.2) is 0 Å². The Morgan fingerprint density at radius 1 is 0.417 bits per heavy atom. The molecule has 12 heavy (non-hydrogen) atoms. The Morgan fingerprint density at radius 2 is 0.417 bits per heavy atom. The van der Waals surface area contributed by atoms with Crippen molar-refractivity contribution in [3.8, 4) is 0 Å². The molecule has 0 radical (unpaired) electrons. The Balaban J connectivity index is -0.00000000500. The standard InChI is InChI=1S/5CN.Fe.H3N/c5*1-2;;/h;;;;;;1H3/q5*-1;+2;. The molecule has 7 heteroatoms. The van der Waals surface area contributed by atoms with E-state index in [1.807, 2.05) is 0 Å². The molecule has 0 aliphatic heterocycles. The van der Waals surface area contributed by atoms with Crippen LogP contribution in [0.2, 0.25) is 0 Å². The van der Waals surface area contributed by atoms with Crippen LogP contribution in [0.3, 0.4) is 0 Å². The summed E-state index contributed by atoms with van der Waals surface area (Å²) in [4.78, 5) is 0. The van der Waals surface area contributed by atoms with Gasteiger partial charge >= 0.3 is 17.1 Å². The second-order valence-electron chi connectivity index (χ2n) is 0. The summed E-state index contributed by atoms with van der Waals surface area (Å²) >= 11 is 0. The van der Waals surface area contributed by atoms with Crippen LogP contribution in [0.1, 0.15) is 0 Å². The number of hydrogen-bond acceptors (Lipinski definition) is 6. The van der Waals surface area contributed by atoms with Crippen LogP contribution in [0.4, 0.5) is 0 Å². The molecule has 0 aromatic heterocycles. The van der Waals surface area contributed by atoms with E-state index in [1.54, 1.807) is 0 Å². The molecule has 0 fully saturated rings. The molecule has 0 aliphatic carbocycles. The van der Waals surface area contributed by atoms with Gasteiger partial charge in [-0.15, -0.1) is 0 Å². The van der Waals surface area contributed by atoms with Crippen LogP contribution < -0.4 is 6.15 Å². The van der Waals surface area contributed by atoms with Crippen LogP contribution >= 0.6 is 0 Å². The molecule has 6 nitrogen and oxygen atoms in total. The van der Waals surface area contributed by atoms with Crippen LogP contribution in [0.5, 0.6) is 0 Å². The van der Waals surface area contributed by atoms with E-state index in [1.165, 1.54) is 0 Å². The first-order valence-electron chi connectivity index (χ1n) is 1.12. The minimum atomic E-state index is 0. The van der Waals surface area contributed by atoms with E-state index in [2.05, 4.69) is 0 Å². The van der Waals surface area contributed by atoms with Crippen molar-refractivity contribution in [2.75, 3.05) is 0 Å². The van der Waals surface area contributed by atoms with Gasteiger partial charge in [0.1, 0.15) is 0 Å². The summed E-state index contributed by atoms with van der Waals surface area (Å²) in [6.07, 6.45) is 0. The first-order chi connectivity index (χ1) is 5.00. The van der Waals surface area contributed by atoms with E-state index in [4.69, 9.17) is 59.2 Å². The van der Waals surface area contributed by atoms with Crippen molar-refractivity contribution in [1.82, 2.24) is 6.15 Å². The molecule has 0 saturated carbocycles. The van der Waals surface area contributed by atoms with Gasteiger partial charge in [0.25, 0.3) is 0 Å². The van der Waals surface area contributed by atoms with Gasteiger partial charge in [-0.25, -0.2) is 0 Å². The van der Waals surface area contributed by atoms with Crippen LogP contribution in [0.15, 0.2) is 0 Å². The maximum Gasteiger partial charge on any atom is 2.00 e. The molecule has 0 spiro atoms. The van der Waals surface area contributed by atoms with E-state index in [0.29, 0.717) is 0 Å². The minimum absolute atomic E-state index is 0. The molecule has 0 aromatic carbocycles. The van der Waals surface area contributed by atoms with Gasteiger partial charge in [0.2, 0.25) is 0 Å². The summed E-state index contributed by atoms with van der Waals surface area (Å²) in [7, 11) is 0. The first-order valence-corrected chi connectivity index (χ1v) is 1.12. The zero-order chi connectivity index (χ0) is 10.0. The van der Waals surface area contributed by atoms with Crippen LogP contribution in [0, 0.1) is 59.2 Å². The zero-order valence-electron chi connectivity index (χ0n) is 5.80. The minimum Gasteiger partial charge on any atom is -0.512 e. The number of rotatable bonds is 0. The van der Waals surface area contributed by atoms with Gasteiger partial charge in [-0.05, 0) is 0 Å². The van der Waals surface area contributed by atoms with Gasteiger partial charge in [-0.2, -0.15) is 0 Å². The van der Waals surface area contributed by atoms with E-state index < -0.39 is 0 Å². The molecule has 0 bridgehead atoms. The quantitative estimate of drug-likeness (QED) is 0.449. The summed E-state index contributed by atoms with van der Waals surface area (Å²) in [6, 6.07) is 0. The molecule has 0 unspecified atom stereocenters. The molecule has 0 rings (SSSR count). The summed E-state index contributed by atoms with van der Waals surface area (Å²) in [6.45, 7) is 23.8. The van der Waals surface area contributed by atoms with E-state index in [0.717, 1.165) is 0 Å². The molecule has 64 valence electrons. The third-order valence-corrected chi connectivity index (χ3v) is 0. The monoisotopic (exact) mass is 203 g/mol. The predicted molar refractivity (Wildman–Crippen MR) is 29.9 cm³/mol. The molecule has 0 aromatic rings. The van der Waals surface area contributed by atoms with Gasteiger partial charge in [-0.1, -0.05) is 0 Å². The van der Waals surface area contributed by atoms with Crippen LogP contribution in [-0.2, 0) is 17.1 Å². The predicted octanol–water partition coefficient (Wildman–Crippen LogP) is 0.641. The summed E-state index contributed by atoms with van der Waals surface area (Å²) in [5.74, 6) is 0. The first kappa shape index (κ1) is 92.3. The van der Waals surface area contributed by atoms with Crippen molar-refractivity contribution >= 4 is 0 Å². The SMILES string of the molecule is N.[C-]#N.[C-]#N.[C-]#N.[C-]#N.[C-]#N.[Fe+2]. The van der Waals surface area contributed by atoms with Crippen LogP contribution in [0.25, 0.3) is 0 Å². The van der Waals surface area contributed by atoms with E-state index >= 15 is 0 Å². The fourth-order valence-electron chi connectivity index (χ4n) is 0. The van der Waals surface area contributed by atoms with Crippen molar-refractivity contribution in [2.45, 2.75) is 0 Å². The van der Waals surface area contributed by atoms with Gasteiger partial charge in [0, 0.05) is 0 Å². The molecular weight excluding hydrogens is 200 g/mol. The fourth-order valence-corrected chi connectivity index (χ4v) is 0. The Morgan fingerprint density at radius 3 is 0.417 bits per heavy atom. The molecule has 0 atom stereocenters. The normalized spacial score (nSPS) is 0.833. The molecule has 0 heterocycles. The molecule has 0 saturated heterocycles. The van der Waals surface area contributed by atoms with Gasteiger partial charge in [0.05, 0.1) is 0 Å². The summed E-state index contributed by atoms with van der Waals surface area (Å²) < 4.78 is 0. The van der Waals surface area contributed by atoms with Crippen molar-refractivity contribution in [2.24, 2.45) is 0 Å². The average molecular weight is 203 g/mol. The van der Waals surface area contributed by atoms with Gasteiger partial charge in [0.15, 0.2) is 0 Å². The van der Waals surface area contributed by atoms with E-state index in [-0.39, 0.29) is 23.2 Å². The number of hydrogen-bond donors (Lipinski definition) is 1. The van der Waals surface area contributed by atoms with Crippen molar-refractivity contribution in [3.05, 3.63) is 32.9 Å². The summed E-state index contributed by atoms with van der Waals surface area (Å²) in [5, 5.41) is 31.2. The Labute approximate surface area is 82.9 Å². The maximum atomic E-state index is 6.25. The molecule has 0 aliphatic rings. The fraction of sp³-hybridized carbons (Fsp3) is 0. The topological polar surface area (TPSA) is 154 Å². The zero-order valence-corrected chi connectivity index (χ0v) is 6.90. The maximum absolute atomic E-state index is 6.25. The van der Waals surface area contributed by atoms with Crippen molar-refractivity contribution in [1.29, 1.82) is 26.3 Å². The largest absolute Gasteiger partial charge is 2.00 e. The smallest absolute Gasteiger partial charge is 0.512 e. The van der Waals surface area contributed by atoms with E-state index in [9.17, 15) is 0 Å². The molecule has 3 N–H and O–H groups in total. The third kappa shape index (κ3) is 88.8. The Hall–Kier alpha value is -2.07. The average Bonchev–Trinajstić information content (AvgIpc) is 2.20. The third-order valence-electron chi connectivity index (χ3n) is 0. The molecule has 0 amide bonds. The van der Waals surface area contributed by atoms with Gasteiger partial charge < -0.3 is 65.3 Å². The van der Waals surface area contributed by atoms with Crippen molar-refractivity contribution < 1.29 is 17.1 Å². The van der Waals surface area contributed by atoms with Gasteiger partial charge in [-0.3, -0.25) is 0 Å². The summed E-state index contributed by atoms with van der Waals surface area (Å²) in [5.41, 5.74) is 0. The molecular formula is C5H3FeN6-3. The second kappa shape index (κ2) is 131. The second-order valence-corrected chi connectivity index (χ2v) is 0.